The number of nitrogens with zero attached hydrogens (tertiary/aromatic N) is 3. The van der Waals surface area contributed by atoms with Crippen LogP contribution in [0, 0.1) is 0 Å². The van der Waals surface area contributed by atoms with Crippen molar-refractivity contribution in [3.8, 4) is 10.7 Å². The summed E-state index contributed by atoms with van der Waals surface area (Å²) in [5.74, 6) is 1.30. The molecule has 0 saturated heterocycles. The van der Waals surface area contributed by atoms with Gasteiger partial charge in [0.2, 0.25) is 11.7 Å². The quantitative estimate of drug-likeness (QED) is 0.642. The number of aromatic nitrogens is 2. The number of thiophene rings is 1. The predicted molar refractivity (Wildman–Crippen MR) is 91.6 cm³/mol. The Balaban J connectivity index is 1.73. The van der Waals surface area contributed by atoms with E-state index in [4.69, 9.17) is 4.52 Å². The molecule has 0 bridgehead atoms. The van der Waals surface area contributed by atoms with Crippen LogP contribution in [0.25, 0.3) is 10.7 Å². The minimum Gasteiger partial charge on any atom is -0.337 e. The second-order valence-electron chi connectivity index (χ2n) is 5.12. The Bertz CT molecular complexity index is 741. The van der Waals surface area contributed by atoms with Crippen molar-refractivity contribution in [1.82, 2.24) is 15.0 Å². The third kappa shape index (κ3) is 3.29. The predicted octanol–water partition coefficient (Wildman–Crippen LogP) is 4.75. The molecule has 4 nitrogen and oxygen atoms in total. The lowest BCUT2D eigenvalue weighted by molar-refractivity contribution is 0.202. The van der Waals surface area contributed by atoms with Crippen molar-refractivity contribution in [3.63, 3.8) is 0 Å². The van der Waals surface area contributed by atoms with Crippen LogP contribution in [0.5, 0.6) is 0 Å². The maximum absolute atomic E-state index is 5.43. The van der Waals surface area contributed by atoms with Gasteiger partial charge < -0.3 is 4.52 Å². The maximum atomic E-state index is 5.43. The van der Waals surface area contributed by atoms with Crippen LogP contribution in [0.4, 0.5) is 0 Å². The third-order valence-electron chi connectivity index (χ3n) is 3.58. The van der Waals surface area contributed by atoms with Crippen LogP contribution >= 0.6 is 27.3 Å². The fraction of sp³-hybridized carbons (Fsp3) is 0.250. The molecule has 1 atom stereocenters. The van der Waals surface area contributed by atoms with Crippen molar-refractivity contribution in [1.29, 1.82) is 0 Å². The van der Waals surface area contributed by atoms with Gasteiger partial charge in [-0.25, -0.2) is 0 Å². The molecule has 1 aromatic carbocycles. The Hall–Kier alpha value is -1.50. The minimum absolute atomic E-state index is 0.0494. The van der Waals surface area contributed by atoms with Crippen molar-refractivity contribution in [3.05, 3.63) is 57.7 Å². The van der Waals surface area contributed by atoms with Gasteiger partial charge in [0, 0.05) is 11.0 Å². The highest BCUT2D eigenvalue weighted by atomic mass is 79.9. The smallest absolute Gasteiger partial charge is 0.244 e. The summed E-state index contributed by atoms with van der Waals surface area (Å²) in [7, 11) is 2.05. The van der Waals surface area contributed by atoms with Gasteiger partial charge in [0.25, 0.3) is 0 Å². The number of benzene rings is 1. The van der Waals surface area contributed by atoms with Crippen molar-refractivity contribution in [2.75, 3.05) is 7.05 Å². The standard InChI is InChI=1S/C16H16BrN3OS/c1-11(20(2)10-12-6-3-4-7-13(12)17)16-18-15(19-21-16)14-8-5-9-22-14/h3-9,11H,10H2,1-2H3. The maximum Gasteiger partial charge on any atom is 0.244 e. The molecule has 0 N–H and O–H groups in total. The Morgan fingerprint density at radius 2 is 2.09 bits per heavy atom. The molecule has 1 unspecified atom stereocenters. The summed E-state index contributed by atoms with van der Waals surface area (Å²) in [6.07, 6.45) is 0. The number of rotatable bonds is 5. The van der Waals surface area contributed by atoms with Crippen LogP contribution in [0.2, 0.25) is 0 Å². The van der Waals surface area contributed by atoms with Crippen LogP contribution in [0.3, 0.4) is 0 Å². The molecule has 0 amide bonds. The van der Waals surface area contributed by atoms with E-state index in [9.17, 15) is 0 Å². The average Bonchev–Trinajstić information content (AvgIpc) is 3.19. The molecule has 22 heavy (non-hydrogen) atoms. The largest absolute Gasteiger partial charge is 0.337 e. The first kappa shape index (κ1) is 15.4. The SMILES string of the molecule is CC(c1nc(-c2cccs2)no1)N(C)Cc1ccccc1Br. The van der Waals surface area contributed by atoms with E-state index in [2.05, 4.69) is 57.1 Å². The Labute approximate surface area is 141 Å². The van der Waals surface area contributed by atoms with Crippen LogP contribution in [-0.4, -0.2) is 22.1 Å². The second-order valence-corrected chi connectivity index (χ2v) is 6.92. The van der Waals surface area contributed by atoms with Gasteiger partial charge in [-0.3, -0.25) is 4.90 Å². The first-order valence-electron chi connectivity index (χ1n) is 6.96. The van der Waals surface area contributed by atoms with Gasteiger partial charge in [0.15, 0.2) is 0 Å². The molecule has 2 heterocycles. The van der Waals surface area contributed by atoms with Crippen molar-refractivity contribution in [2.24, 2.45) is 0 Å². The minimum atomic E-state index is 0.0494. The summed E-state index contributed by atoms with van der Waals surface area (Å²) in [6, 6.07) is 12.2. The third-order valence-corrected chi connectivity index (χ3v) is 5.22. The number of hydrogen-bond acceptors (Lipinski definition) is 5. The van der Waals surface area contributed by atoms with E-state index in [1.165, 1.54) is 5.56 Å². The molecule has 6 heteroatoms. The Morgan fingerprint density at radius 3 is 2.82 bits per heavy atom. The van der Waals surface area contributed by atoms with E-state index >= 15 is 0 Å². The zero-order chi connectivity index (χ0) is 15.5. The van der Waals surface area contributed by atoms with E-state index in [1.54, 1.807) is 11.3 Å². The molecule has 3 rings (SSSR count). The summed E-state index contributed by atoms with van der Waals surface area (Å²) in [5.41, 5.74) is 1.23. The fourth-order valence-electron chi connectivity index (χ4n) is 2.13. The van der Waals surface area contributed by atoms with Gasteiger partial charge in [-0.15, -0.1) is 11.3 Å². The van der Waals surface area contributed by atoms with Gasteiger partial charge in [0.05, 0.1) is 10.9 Å². The van der Waals surface area contributed by atoms with Gasteiger partial charge in [0.1, 0.15) is 0 Å². The summed E-state index contributed by atoms with van der Waals surface area (Å²) in [4.78, 5) is 7.73. The molecule has 114 valence electrons. The molecular formula is C16H16BrN3OS. The molecule has 0 aliphatic heterocycles. The van der Waals surface area contributed by atoms with E-state index < -0.39 is 0 Å². The summed E-state index contributed by atoms with van der Waals surface area (Å²) in [6.45, 7) is 2.88. The lowest BCUT2D eigenvalue weighted by atomic mass is 10.2. The summed E-state index contributed by atoms with van der Waals surface area (Å²) >= 11 is 5.19. The highest BCUT2D eigenvalue weighted by Gasteiger charge is 2.20. The highest BCUT2D eigenvalue weighted by Crippen LogP contribution is 2.26. The lowest BCUT2D eigenvalue weighted by Gasteiger charge is -2.22. The highest BCUT2D eigenvalue weighted by molar-refractivity contribution is 9.10. The second kappa shape index (κ2) is 6.73. The topological polar surface area (TPSA) is 42.2 Å². The molecular weight excluding hydrogens is 362 g/mol. The summed E-state index contributed by atoms with van der Waals surface area (Å²) in [5, 5.41) is 6.08. The zero-order valence-electron chi connectivity index (χ0n) is 12.4. The molecule has 0 spiro atoms. The fourth-order valence-corrected chi connectivity index (χ4v) is 3.19. The van der Waals surface area contributed by atoms with Gasteiger partial charge in [-0.2, -0.15) is 4.98 Å². The first-order valence-corrected chi connectivity index (χ1v) is 8.63. The Kier molecular flexibility index (Phi) is 4.71. The molecule has 0 aliphatic carbocycles. The molecule has 0 saturated carbocycles. The van der Waals surface area contributed by atoms with Crippen molar-refractivity contribution >= 4 is 27.3 Å². The molecule has 0 radical (unpaired) electrons. The number of halogens is 1. The normalized spacial score (nSPS) is 12.7. The Morgan fingerprint density at radius 1 is 1.27 bits per heavy atom. The van der Waals surface area contributed by atoms with E-state index in [0.29, 0.717) is 11.7 Å². The van der Waals surface area contributed by atoms with Crippen LogP contribution in [0.1, 0.15) is 24.4 Å². The van der Waals surface area contributed by atoms with Crippen LogP contribution < -0.4 is 0 Å². The first-order chi connectivity index (χ1) is 10.6. The van der Waals surface area contributed by atoms with E-state index in [-0.39, 0.29) is 6.04 Å². The van der Waals surface area contributed by atoms with Gasteiger partial charge >= 0.3 is 0 Å². The monoisotopic (exact) mass is 377 g/mol. The van der Waals surface area contributed by atoms with E-state index in [1.807, 2.05) is 29.6 Å². The van der Waals surface area contributed by atoms with E-state index in [0.717, 1.165) is 15.9 Å². The average molecular weight is 378 g/mol. The molecule has 0 fully saturated rings. The van der Waals surface area contributed by atoms with Crippen molar-refractivity contribution in [2.45, 2.75) is 19.5 Å². The molecule has 3 aromatic rings. The molecule has 2 aromatic heterocycles. The van der Waals surface area contributed by atoms with Crippen LogP contribution in [0.15, 0.2) is 50.8 Å². The summed E-state index contributed by atoms with van der Waals surface area (Å²) < 4.78 is 6.54. The van der Waals surface area contributed by atoms with Crippen LogP contribution in [-0.2, 0) is 6.54 Å². The van der Waals surface area contributed by atoms with Gasteiger partial charge in [-0.05, 0) is 37.0 Å². The number of hydrogen-bond donors (Lipinski definition) is 0. The lowest BCUT2D eigenvalue weighted by Crippen LogP contribution is -2.22. The van der Waals surface area contributed by atoms with Gasteiger partial charge in [-0.1, -0.05) is 45.4 Å². The molecule has 0 aliphatic rings. The van der Waals surface area contributed by atoms with Crippen molar-refractivity contribution < 1.29 is 4.52 Å². The zero-order valence-corrected chi connectivity index (χ0v) is 14.8.